The predicted octanol–water partition coefficient (Wildman–Crippen LogP) is 3.01. The molecule has 27 heavy (non-hydrogen) atoms. The Morgan fingerprint density at radius 1 is 1.11 bits per heavy atom. The fourth-order valence-electron chi connectivity index (χ4n) is 3.42. The fraction of sp³-hybridized carbons (Fsp3) is 0.500. The van der Waals surface area contributed by atoms with Gasteiger partial charge in [-0.15, -0.1) is 0 Å². The summed E-state index contributed by atoms with van der Waals surface area (Å²) < 4.78 is 11.4. The molecule has 146 valence electrons. The van der Waals surface area contributed by atoms with Crippen molar-refractivity contribution in [2.75, 3.05) is 44.9 Å². The Balaban J connectivity index is 1.86. The highest BCUT2D eigenvalue weighted by Gasteiger charge is 2.25. The molecule has 1 aliphatic heterocycles. The highest BCUT2D eigenvalue weighted by molar-refractivity contribution is 5.69. The van der Waals surface area contributed by atoms with E-state index in [-0.39, 0.29) is 0 Å². The number of anilines is 2. The van der Waals surface area contributed by atoms with Gasteiger partial charge >= 0.3 is 0 Å². The summed E-state index contributed by atoms with van der Waals surface area (Å²) in [6, 6.07) is 6.35. The maximum Gasteiger partial charge on any atom is 0.248 e. The van der Waals surface area contributed by atoms with Gasteiger partial charge in [-0.2, -0.15) is 4.98 Å². The largest absolute Gasteiger partial charge is 0.493 e. The normalized spacial score (nSPS) is 15.3. The molecule has 0 spiro atoms. The minimum absolute atomic E-state index is 0.370. The predicted molar refractivity (Wildman–Crippen MR) is 108 cm³/mol. The summed E-state index contributed by atoms with van der Waals surface area (Å²) in [6.07, 6.45) is 2.16. The Labute approximate surface area is 161 Å². The van der Waals surface area contributed by atoms with E-state index in [9.17, 15) is 0 Å². The Morgan fingerprint density at radius 3 is 2.44 bits per heavy atom. The monoisotopic (exact) mass is 371 g/mol. The second-order valence-electron chi connectivity index (χ2n) is 7.25. The maximum absolute atomic E-state index is 6.40. The van der Waals surface area contributed by atoms with Gasteiger partial charge in [0.05, 0.1) is 7.11 Å². The van der Waals surface area contributed by atoms with Gasteiger partial charge in [0.1, 0.15) is 11.5 Å². The van der Waals surface area contributed by atoms with E-state index in [4.69, 9.17) is 15.2 Å². The molecule has 1 aromatic heterocycles. The van der Waals surface area contributed by atoms with Crippen molar-refractivity contribution in [3.63, 3.8) is 0 Å². The van der Waals surface area contributed by atoms with Crippen LogP contribution in [0.1, 0.15) is 24.2 Å². The Kier molecular flexibility index (Phi) is 5.70. The first-order valence-electron chi connectivity index (χ1n) is 9.27. The molecule has 0 saturated carbocycles. The molecule has 0 atom stereocenters. The lowest BCUT2D eigenvalue weighted by Gasteiger charge is -2.36. The van der Waals surface area contributed by atoms with Crippen LogP contribution in [0.5, 0.6) is 17.4 Å². The average molecular weight is 371 g/mol. The number of nitrogens with two attached hydrogens (primary N) is 1. The summed E-state index contributed by atoms with van der Waals surface area (Å²) in [5.41, 5.74) is 7.96. The molecule has 3 rings (SSSR count). The van der Waals surface area contributed by atoms with Gasteiger partial charge in [0.25, 0.3) is 0 Å². The van der Waals surface area contributed by atoms with Crippen LogP contribution >= 0.6 is 0 Å². The van der Waals surface area contributed by atoms with Gasteiger partial charge in [-0.3, -0.25) is 0 Å². The first-order valence-corrected chi connectivity index (χ1v) is 9.27. The molecular formula is C20H29N5O2. The number of hydrogen-bond donors (Lipinski definition) is 1. The molecule has 7 nitrogen and oxygen atoms in total. The van der Waals surface area contributed by atoms with Crippen LogP contribution < -0.4 is 20.1 Å². The summed E-state index contributed by atoms with van der Waals surface area (Å²) >= 11 is 0. The van der Waals surface area contributed by atoms with Crippen LogP contribution in [0.2, 0.25) is 0 Å². The quantitative estimate of drug-likeness (QED) is 0.866. The van der Waals surface area contributed by atoms with E-state index in [1.54, 1.807) is 7.11 Å². The third-order valence-electron chi connectivity index (χ3n) is 5.02. The molecule has 0 radical (unpaired) electrons. The molecule has 0 amide bonds. The molecule has 1 fully saturated rings. The maximum atomic E-state index is 6.40. The summed E-state index contributed by atoms with van der Waals surface area (Å²) in [4.78, 5) is 13.5. The minimum atomic E-state index is 0.370. The number of rotatable bonds is 5. The molecule has 2 N–H and O–H groups in total. The van der Waals surface area contributed by atoms with Gasteiger partial charge < -0.3 is 25.0 Å². The van der Waals surface area contributed by atoms with Gasteiger partial charge in [-0.1, -0.05) is 6.07 Å². The van der Waals surface area contributed by atoms with Crippen molar-refractivity contribution in [1.29, 1.82) is 0 Å². The van der Waals surface area contributed by atoms with Crippen molar-refractivity contribution in [3.8, 4) is 17.4 Å². The van der Waals surface area contributed by atoms with E-state index in [0.29, 0.717) is 34.9 Å². The van der Waals surface area contributed by atoms with Crippen LogP contribution in [0.15, 0.2) is 18.2 Å². The Morgan fingerprint density at radius 2 is 1.81 bits per heavy atom. The number of benzene rings is 1. The van der Waals surface area contributed by atoms with E-state index in [1.165, 1.54) is 0 Å². The van der Waals surface area contributed by atoms with Crippen LogP contribution in [0.4, 0.5) is 11.5 Å². The van der Waals surface area contributed by atoms with E-state index in [0.717, 1.165) is 37.3 Å². The smallest absolute Gasteiger partial charge is 0.248 e. The highest BCUT2D eigenvalue weighted by atomic mass is 16.5. The number of ether oxygens (including phenoxy) is 2. The van der Waals surface area contributed by atoms with Crippen LogP contribution in [-0.2, 0) is 0 Å². The molecular weight excluding hydrogens is 342 g/mol. The van der Waals surface area contributed by atoms with Gasteiger partial charge in [0.15, 0.2) is 17.3 Å². The van der Waals surface area contributed by atoms with Crippen LogP contribution in [0.3, 0.4) is 0 Å². The van der Waals surface area contributed by atoms with Crippen LogP contribution in [-0.4, -0.2) is 55.2 Å². The average Bonchev–Trinajstić information content (AvgIpc) is 2.65. The first-order chi connectivity index (χ1) is 12.9. The van der Waals surface area contributed by atoms with E-state index >= 15 is 0 Å². The Hall–Kier alpha value is -2.54. The zero-order chi connectivity index (χ0) is 19.6. The molecule has 1 saturated heterocycles. The molecule has 0 unspecified atom stereocenters. The lowest BCUT2D eigenvalue weighted by atomic mass is 10.0. The number of methoxy groups -OCH3 is 1. The van der Waals surface area contributed by atoms with Crippen molar-refractivity contribution in [2.24, 2.45) is 0 Å². The molecule has 0 bridgehead atoms. The van der Waals surface area contributed by atoms with Gasteiger partial charge in [-0.25, -0.2) is 4.98 Å². The Bertz CT molecular complexity index is 801. The molecule has 7 heteroatoms. The number of nitrogens with zero attached hydrogens (tertiary/aromatic N) is 4. The third kappa shape index (κ3) is 4.24. The molecule has 1 aromatic carbocycles. The standard InChI is InChI=1S/C20H29N5O2/c1-13-6-7-16(17(12-13)26-5)27-20-18(21)19(22-14(2)23-20)25-10-8-15(9-11-25)24(3)4/h6-7,12,15H,8-11,21H2,1-5H3. The minimum Gasteiger partial charge on any atom is -0.493 e. The van der Waals surface area contributed by atoms with Crippen molar-refractivity contribution in [2.45, 2.75) is 32.7 Å². The first kappa shape index (κ1) is 19.2. The second kappa shape index (κ2) is 8.00. The zero-order valence-corrected chi connectivity index (χ0v) is 16.8. The number of nitrogen functional groups attached to an aromatic ring is 1. The molecule has 2 heterocycles. The van der Waals surface area contributed by atoms with E-state index in [2.05, 4.69) is 33.9 Å². The van der Waals surface area contributed by atoms with Crippen molar-refractivity contribution in [3.05, 3.63) is 29.6 Å². The summed E-state index contributed by atoms with van der Waals surface area (Å²) in [5, 5.41) is 0. The van der Waals surface area contributed by atoms with E-state index in [1.807, 2.05) is 32.0 Å². The third-order valence-corrected chi connectivity index (χ3v) is 5.02. The van der Waals surface area contributed by atoms with Gasteiger partial charge in [0, 0.05) is 19.1 Å². The van der Waals surface area contributed by atoms with Crippen molar-refractivity contribution < 1.29 is 9.47 Å². The topological polar surface area (TPSA) is 76.7 Å². The lowest BCUT2D eigenvalue weighted by molar-refractivity contribution is 0.249. The number of aromatic nitrogens is 2. The second-order valence-corrected chi connectivity index (χ2v) is 7.25. The van der Waals surface area contributed by atoms with E-state index < -0.39 is 0 Å². The summed E-state index contributed by atoms with van der Waals surface area (Å²) in [5.74, 6) is 2.99. The number of aryl methyl sites for hydroxylation is 2. The highest BCUT2D eigenvalue weighted by Crippen LogP contribution is 2.37. The number of hydrogen-bond acceptors (Lipinski definition) is 7. The van der Waals surface area contributed by atoms with Crippen LogP contribution in [0.25, 0.3) is 0 Å². The van der Waals surface area contributed by atoms with Crippen LogP contribution in [0, 0.1) is 13.8 Å². The molecule has 0 aliphatic carbocycles. The fourth-order valence-corrected chi connectivity index (χ4v) is 3.42. The summed E-state index contributed by atoms with van der Waals surface area (Å²) in [7, 11) is 5.88. The lowest BCUT2D eigenvalue weighted by Crippen LogP contribution is -2.42. The molecule has 2 aromatic rings. The zero-order valence-electron chi connectivity index (χ0n) is 16.8. The van der Waals surface area contributed by atoms with Crippen molar-refractivity contribution in [1.82, 2.24) is 14.9 Å². The van der Waals surface area contributed by atoms with Crippen molar-refractivity contribution >= 4 is 11.5 Å². The SMILES string of the molecule is COc1cc(C)ccc1Oc1nc(C)nc(N2CCC(N(C)C)CC2)c1N. The summed E-state index contributed by atoms with van der Waals surface area (Å²) in [6.45, 7) is 5.69. The van der Waals surface area contributed by atoms with Gasteiger partial charge in [-0.05, 0) is 58.5 Å². The molecule has 1 aliphatic rings. The van der Waals surface area contributed by atoms with Gasteiger partial charge in [0.2, 0.25) is 5.88 Å². The number of piperidine rings is 1.